The fourth-order valence-electron chi connectivity index (χ4n) is 1.87. The van der Waals surface area contributed by atoms with Crippen LogP contribution in [0.2, 0.25) is 0 Å². The number of hydrogen-bond donors (Lipinski definition) is 1. The number of nitrogens with one attached hydrogen (secondary N) is 1. The summed E-state index contributed by atoms with van der Waals surface area (Å²) in [6, 6.07) is 9.86. The van der Waals surface area contributed by atoms with E-state index in [9.17, 15) is 0 Å². The van der Waals surface area contributed by atoms with Gasteiger partial charge in [0.05, 0.1) is 12.0 Å². The van der Waals surface area contributed by atoms with Crippen LogP contribution in [0.15, 0.2) is 53.2 Å². The fraction of sp³-hybridized carbons (Fsp3) is 0.0714. The highest BCUT2D eigenvalue weighted by Crippen LogP contribution is 2.30. The Balaban J connectivity index is 2.14. The second-order valence-corrected chi connectivity index (χ2v) is 4.26. The smallest absolute Gasteiger partial charge is 0.266 e. The molecule has 3 nitrogen and oxygen atoms in total. The molecular formula is C14H11NO2S. The van der Waals surface area contributed by atoms with Crippen molar-refractivity contribution in [1.82, 2.24) is 4.98 Å². The van der Waals surface area contributed by atoms with Crippen LogP contribution in [0.1, 0.15) is 5.69 Å². The molecule has 1 aliphatic heterocycles. The molecule has 0 radical (unpaired) electrons. The van der Waals surface area contributed by atoms with Gasteiger partial charge in [-0.25, -0.2) is 0 Å². The number of benzene rings is 1. The molecule has 0 saturated heterocycles. The molecule has 0 bridgehead atoms. The number of hydrogen-bond acceptors (Lipinski definition) is 3. The highest BCUT2D eigenvalue weighted by molar-refractivity contribution is 7.71. The minimum Gasteiger partial charge on any atom is -0.496 e. The van der Waals surface area contributed by atoms with Crippen molar-refractivity contribution < 1.29 is 9.15 Å². The van der Waals surface area contributed by atoms with Gasteiger partial charge in [0.15, 0.2) is 5.76 Å². The number of aromatic nitrogens is 1. The Morgan fingerprint density at radius 1 is 1.17 bits per heavy atom. The molecule has 90 valence electrons. The number of ether oxygens (including phenoxy) is 1. The molecule has 1 N–H and O–H groups in total. The lowest BCUT2D eigenvalue weighted by Crippen LogP contribution is -1.93. The van der Waals surface area contributed by atoms with Gasteiger partial charge in [0.25, 0.3) is 4.84 Å². The zero-order valence-corrected chi connectivity index (χ0v) is 10.4. The van der Waals surface area contributed by atoms with Gasteiger partial charge in [0.2, 0.25) is 0 Å². The highest BCUT2D eigenvalue weighted by atomic mass is 32.1. The van der Waals surface area contributed by atoms with Gasteiger partial charge in [-0.3, -0.25) is 0 Å². The number of aromatic amines is 1. The van der Waals surface area contributed by atoms with E-state index in [2.05, 4.69) is 4.98 Å². The first-order chi connectivity index (χ1) is 8.84. The predicted molar refractivity (Wildman–Crippen MR) is 72.4 cm³/mol. The molecule has 2 aromatic rings. The first kappa shape index (κ1) is 11.0. The molecule has 0 amide bonds. The van der Waals surface area contributed by atoms with E-state index in [-0.39, 0.29) is 0 Å². The summed E-state index contributed by atoms with van der Waals surface area (Å²) in [7, 11) is 0. The zero-order valence-electron chi connectivity index (χ0n) is 9.55. The van der Waals surface area contributed by atoms with Crippen LogP contribution in [0.3, 0.4) is 0 Å². The summed E-state index contributed by atoms with van der Waals surface area (Å²) in [4.78, 5) is 3.43. The summed E-state index contributed by atoms with van der Waals surface area (Å²) < 4.78 is 10.9. The summed E-state index contributed by atoms with van der Waals surface area (Å²) in [5.74, 6) is 0.738. The van der Waals surface area contributed by atoms with E-state index in [4.69, 9.17) is 21.4 Å². The van der Waals surface area contributed by atoms with E-state index < -0.39 is 0 Å². The van der Waals surface area contributed by atoms with Crippen LogP contribution in [-0.2, 0) is 4.74 Å². The Labute approximate surface area is 109 Å². The summed E-state index contributed by atoms with van der Waals surface area (Å²) >= 11 is 5.08. The third-order valence-electron chi connectivity index (χ3n) is 2.67. The van der Waals surface area contributed by atoms with E-state index in [0.29, 0.717) is 11.4 Å². The molecule has 0 aliphatic carbocycles. The molecular weight excluding hydrogens is 246 g/mol. The first-order valence-electron chi connectivity index (χ1n) is 5.62. The molecule has 1 aliphatic rings. The molecule has 3 rings (SSSR count). The van der Waals surface area contributed by atoms with Gasteiger partial charge in [-0.15, -0.1) is 0 Å². The summed E-state index contributed by atoms with van der Waals surface area (Å²) in [6.45, 7) is 0.600. The number of H-pyrrole nitrogens is 1. The highest BCUT2D eigenvalue weighted by Gasteiger charge is 2.14. The van der Waals surface area contributed by atoms with Crippen LogP contribution in [0.5, 0.6) is 0 Å². The molecule has 0 fully saturated rings. The monoisotopic (exact) mass is 257 g/mol. The molecule has 0 unspecified atom stereocenters. The van der Waals surface area contributed by atoms with Crippen molar-refractivity contribution in [1.29, 1.82) is 0 Å². The average molecular weight is 257 g/mol. The summed E-state index contributed by atoms with van der Waals surface area (Å²) in [5.41, 5.74) is 2.77. The Morgan fingerprint density at radius 2 is 2.00 bits per heavy atom. The van der Waals surface area contributed by atoms with Crippen LogP contribution in [0.25, 0.3) is 16.9 Å². The van der Waals surface area contributed by atoms with Gasteiger partial charge < -0.3 is 14.1 Å². The quantitative estimate of drug-likeness (QED) is 0.828. The molecule has 4 heteroatoms. The Morgan fingerprint density at radius 3 is 2.72 bits per heavy atom. The van der Waals surface area contributed by atoms with Crippen LogP contribution < -0.4 is 0 Å². The van der Waals surface area contributed by atoms with Gasteiger partial charge in [-0.1, -0.05) is 36.4 Å². The maximum Gasteiger partial charge on any atom is 0.266 e. The van der Waals surface area contributed by atoms with Crippen molar-refractivity contribution in [3.8, 4) is 11.3 Å². The standard InChI is InChI=1S/C14H11NO2S/c18-14-15-12(11-7-4-8-16-9-11)13(17-14)10-5-2-1-3-6-10/h1-7,9H,8H2,(H,15,18). The van der Waals surface area contributed by atoms with E-state index in [0.717, 1.165) is 22.6 Å². The lowest BCUT2D eigenvalue weighted by molar-refractivity contribution is 0.288. The van der Waals surface area contributed by atoms with E-state index in [1.807, 2.05) is 42.5 Å². The Kier molecular flexibility index (Phi) is 2.86. The molecule has 18 heavy (non-hydrogen) atoms. The third kappa shape index (κ3) is 2.02. The lowest BCUT2D eigenvalue weighted by Gasteiger charge is -2.07. The van der Waals surface area contributed by atoms with Crippen molar-refractivity contribution in [2.24, 2.45) is 0 Å². The van der Waals surface area contributed by atoms with Gasteiger partial charge in [0, 0.05) is 11.1 Å². The minimum absolute atomic E-state index is 0.365. The van der Waals surface area contributed by atoms with Crippen LogP contribution in [-0.4, -0.2) is 11.6 Å². The van der Waals surface area contributed by atoms with Crippen LogP contribution >= 0.6 is 12.2 Å². The average Bonchev–Trinajstić information content (AvgIpc) is 2.83. The van der Waals surface area contributed by atoms with Gasteiger partial charge in [0.1, 0.15) is 6.61 Å². The van der Waals surface area contributed by atoms with Crippen molar-refractivity contribution in [3.63, 3.8) is 0 Å². The first-order valence-corrected chi connectivity index (χ1v) is 6.02. The van der Waals surface area contributed by atoms with E-state index in [1.54, 1.807) is 6.26 Å². The Bertz CT molecular complexity index is 665. The molecule has 0 spiro atoms. The second kappa shape index (κ2) is 4.66. The molecule has 1 aromatic heterocycles. The third-order valence-corrected chi connectivity index (χ3v) is 2.86. The van der Waals surface area contributed by atoms with Gasteiger partial charge >= 0.3 is 0 Å². The van der Waals surface area contributed by atoms with Crippen molar-refractivity contribution in [3.05, 3.63) is 59.3 Å². The van der Waals surface area contributed by atoms with Crippen molar-refractivity contribution >= 4 is 17.8 Å². The molecule has 0 saturated carbocycles. The van der Waals surface area contributed by atoms with Gasteiger partial charge in [-0.2, -0.15) is 0 Å². The SMILES string of the molecule is S=c1[nH]c(C2=COCC=C2)c(-c2ccccc2)o1. The number of rotatable bonds is 2. The Hall–Kier alpha value is -2.07. The van der Waals surface area contributed by atoms with Crippen molar-refractivity contribution in [2.45, 2.75) is 0 Å². The topological polar surface area (TPSA) is 38.2 Å². The maximum atomic E-state index is 5.58. The number of oxazole rings is 1. The molecule has 2 heterocycles. The zero-order chi connectivity index (χ0) is 12.4. The predicted octanol–water partition coefficient (Wildman–Crippen LogP) is 3.93. The number of allylic oxidation sites excluding steroid dienone is 2. The van der Waals surface area contributed by atoms with E-state index >= 15 is 0 Å². The van der Waals surface area contributed by atoms with Crippen LogP contribution in [0, 0.1) is 4.84 Å². The van der Waals surface area contributed by atoms with Gasteiger partial charge in [-0.05, 0) is 18.3 Å². The maximum absolute atomic E-state index is 5.58. The minimum atomic E-state index is 0.365. The summed E-state index contributed by atoms with van der Waals surface area (Å²) in [5, 5.41) is 0. The lowest BCUT2D eigenvalue weighted by atomic mass is 10.1. The molecule has 1 aromatic carbocycles. The normalized spacial score (nSPS) is 14.1. The second-order valence-electron chi connectivity index (χ2n) is 3.89. The van der Waals surface area contributed by atoms with E-state index in [1.165, 1.54) is 0 Å². The van der Waals surface area contributed by atoms with Crippen LogP contribution in [0.4, 0.5) is 0 Å². The van der Waals surface area contributed by atoms with Crippen molar-refractivity contribution in [2.75, 3.05) is 6.61 Å². The summed E-state index contributed by atoms with van der Waals surface area (Å²) in [6.07, 6.45) is 5.66. The largest absolute Gasteiger partial charge is 0.496 e. The fourth-order valence-corrected chi connectivity index (χ4v) is 2.06. The molecule has 0 atom stereocenters.